The molecule has 0 aliphatic rings. The third kappa shape index (κ3) is 5.01. The fourth-order valence-electron chi connectivity index (χ4n) is 1.51. The summed E-state index contributed by atoms with van der Waals surface area (Å²) < 4.78 is 0. The van der Waals surface area contributed by atoms with Crippen LogP contribution in [-0.4, -0.2) is 12.6 Å². The predicted octanol–water partition coefficient (Wildman–Crippen LogP) is 3.35. The lowest BCUT2D eigenvalue weighted by Crippen LogP contribution is -2.31. The summed E-state index contributed by atoms with van der Waals surface area (Å²) in [6.45, 7) is 6.54. The Morgan fingerprint density at radius 2 is 2.07 bits per heavy atom. The lowest BCUT2D eigenvalue weighted by atomic mass is 10.0. The third-order valence-corrected chi connectivity index (χ3v) is 2.53. The number of benzene rings is 1. The Morgan fingerprint density at radius 1 is 1.40 bits per heavy atom. The van der Waals surface area contributed by atoms with Gasteiger partial charge in [0, 0.05) is 17.6 Å². The van der Waals surface area contributed by atoms with E-state index >= 15 is 0 Å². The highest BCUT2D eigenvalue weighted by Gasteiger charge is 2.06. The summed E-state index contributed by atoms with van der Waals surface area (Å²) in [5, 5.41) is 4.05. The number of halogens is 1. The van der Waals surface area contributed by atoms with Crippen LogP contribution in [0.1, 0.15) is 18.9 Å². The van der Waals surface area contributed by atoms with Crippen LogP contribution in [0.5, 0.6) is 0 Å². The molecule has 2 heteroatoms. The van der Waals surface area contributed by atoms with Gasteiger partial charge in [-0.15, -0.1) is 0 Å². The van der Waals surface area contributed by atoms with Gasteiger partial charge in [0.15, 0.2) is 0 Å². The van der Waals surface area contributed by atoms with Crippen LogP contribution in [0, 0.1) is 0 Å². The van der Waals surface area contributed by atoms with Gasteiger partial charge in [0.2, 0.25) is 0 Å². The van der Waals surface area contributed by atoms with Crippen LogP contribution < -0.4 is 5.32 Å². The summed E-state index contributed by atoms with van der Waals surface area (Å²) >= 11 is 5.72. The van der Waals surface area contributed by atoms with Gasteiger partial charge in [-0.3, -0.25) is 0 Å². The molecule has 0 fully saturated rings. The summed E-state index contributed by atoms with van der Waals surface area (Å²) in [5.41, 5.74) is 1.36. The molecule has 0 heterocycles. The van der Waals surface area contributed by atoms with E-state index in [-0.39, 0.29) is 0 Å². The van der Waals surface area contributed by atoms with Gasteiger partial charge in [0.05, 0.1) is 0 Å². The second-order valence-electron chi connectivity index (χ2n) is 3.69. The molecular formula is C13H18ClN. The maximum absolute atomic E-state index is 5.72. The third-order valence-electron chi connectivity index (χ3n) is 2.40. The normalized spacial score (nSPS) is 12.4. The first-order valence-electron chi connectivity index (χ1n) is 5.33. The fraction of sp³-hybridized carbons (Fsp3) is 0.385. The van der Waals surface area contributed by atoms with E-state index in [0.717, 1.165) is 12.8 Å². The average molecular weight is 224 g/mol. The van der Waals surface area contributed by atoms with E-state index in [4.69, 9.17) is 11.6 Å². The second-order valence-corrected chi connectivity index (χ2v) is 4.23. The summed E-state index contributed by atoms with van der Waals surface area (Å²) in [4.78, 5) is 0. The Kier molecular flexibility index (Phi) is 5.44. The van der Waals surface area contributed by atoms with Crippen molar-refractivity contribution < 1.29 is 0 Å². The van der Waals surface area contributed by atoms with Gasteiger partial charge < -0.3 is 5.32 Å². The smallest absolute Gasteiger partial charge is 0.0310 e. The Balaban J connectivity index is 2.43. The van der Waals surface area contributed by atoms with Crippen molar-refractivity contribution in [3.05, 3.63) is 47.5 Å². The van der Waals surface area contributed by atoms with Crippen molar-refractivity contribution in [1.82, 2.24) is 5.32 Å². The van der Waals surface area contributed by atoms with E-state index in [2.05, 4.69) is 43.1 Å². The first kappa shape index (κ1) is 12.3. The first-order chi connectivity index (χ1) is 7.22. The molecule has 15 heavy (non-hydrogen) atoms. The molecule has 0 amide bonds. The van der Waals surface area contributed by atoms with Gasteiger partial charge >= 0.3 is 0 Å². The molecule has 0 bridgehead atoms. The maximum atomic E-state index is 5.72. The van der Waals surface area contributed by atoms with Crippen LogP contribution in [0.4, 0.5) is 0 Å². The molecular weight excluding hydrogens is 206 g/mol. The molecule has 1 N–H and O–H groups in total. The Hall–Kier alpha value is -0.790. The van der Waals surface area contributed by atoms with Crippen molar-refractivity contribution in [3.8, 4) is 0 Å². The first-order valence-corrected chi connectivity index (χ1v) is 5.70. The van der Waals surface area contributed by atoms with E-state index in [1.807, 2.05) is 6.07 Å². The average Bonchev–Trinajstić information content (AvgIpc) is 2.25. The van der Waals surface area contributed by atoms with Gasteiger partial charge in [-0.05, 0) is 18.4 Å². The summed E-state index contributed by atoms with van der Waals surface area (Å²) in [5.74, 6) is 0. The number of nitrogens with one attached hydrogen (secondary N) is 1. The van der Waals surface area contributed by atoms with Crippen LogP contribution in [0.3, 0.4) is 0 Å². The lowest BCUT2D eigenvalue weighted by Gasteiger charge is -2.16. The number of rotatable bonds is 6. The second kappa shape index (κ2) is 6.65. The maximum Gasteiger partial charge on any atom is 0.0310 e. The lowest BCUT2D eigenvalue weighted by molar-refractivity contribution is 0.520. The quantitative estimate of drug-likeness (QED) is 0.780. The Bertz CT molecular complexity index is 295. The molecule has 0 aromatic heterocycles. The molecule has 0 radical (unpaired) electrons. The molecule has 1 atom stereocenters. The molecule has 0 spiro atoms. The topological polar surface area (TPSA) is 12.0 Å². The standard InChI is InChI=1S/C13H18ClN/c1-3-13(15-10-11(2)14)9-12-7-5-4-6-8-12/h4-8,13,15H,2-3,9-10H2,1H3. The highest BCUT2D eigenvalue weighted by atomic mass is 35.5. The van der Waals surface area contributed by atoms with Crippen molar-refractivity contribution in [3.63, 3.8) is 0 Å². The van der Waals surface area contributed by atoms with Crippen LogP contribution in [0.25, 0.3) is 0 Å². The van der Waals surface area contributed by atoms with E-state index < -0.39 is 0 Å². The van der Waals surface area contributed by atoms with Crippen molar-refractivity contribution in [2.45, 2.75) is 25.8 Å². The van der Waals surface area contributed by atoms with E-state index in [9.17, 15) is 0 Å². The summed E-state index contributed by atoms with van der Waals surface area (Å²) in [6, 6.07) is 11.0. The zero-order valence-electron chi connectivity index (χ0n) is 9.17. The zero-order chi connectivity index (χ0) is 11.1. The highest BCUT2D eigenvalue weighted by molar-refractivity contribution is 6.29. The predicted molar refractivity (Wildman–Crippen MR) is 67.2 cm³/mol. The minimum Gasteiger partial charge on any atom is -0.309 e. The van der Waals surface area contributed by atoms with Crippen LogP contribution >= 0.6 is 11.6 Å². The van der Waals surface area contributed by atoms with Gasteiger partial charge in [0.1, 0.15) is 0 Å². The molecule has 1 aromatic carbocycles. The molecule has 0 aliphatic heterocycles. The molecule has 1 rings (SSSR count). The van der Waals surface area contributed by atoms with Crippen molar-refractivity contribution >= 4 is 11.6 Å². The SMILES string of the molecule is C=C(Cl)CNC(CC)Cc1ccccc1. The number of hydrogen-bond acceptors (Lipinski definition) is 1. The fourth-order valence-corrected chi connectivity index (χ4v) is 1.59. The number of hydrogen-bond donors (Lipinski definition) is 1. The summed E-state index contributed by atoms with van der Waals surface area (Å²) in [7, 11) is 0. The van der Waals surface area contributed by atoms with Crippen molar-refractivity contribution in [1.29, 1.82) is 0 Å². The van der Waals surface area contributed by atoms with E-state index in [0.29, 0.717) is 17.6 Å². The van der Waals surface area contributed by atoms with Gasteiger partial charge in [-0.25, -0.2) is 0 Å². The minimum atomic E-state index is 0.475. The van der Waals surface area contributed by atoms with Crippen LogP contribution in [0.15, 0.2) is 41.9 Å². The molecule has 1 aromatic rings. The van der Waals surface area contributed by atoms with Gasteiger partial charge in [-0.2, -0.15) is 0 Å². The van der Waals surface area contributed by atoms with E-state index in [1.54, 1.807) is 0 Å². The highest BCUT2D eigenvalue weighted by Crippen LogP contribution is 2.06. The zero-order valence-corrected chi connectivity index (χ0v) is 9.93. The molecule has 0 saturated carbocycles. The monoisotopic (exact) mass is 223 g/mol. The summed E-state index contributed by atoms with van der Waals surface area (Å²) in [6.07, 6.45) is 2.14. The van der Waals surface area contributed by atoms with Crippen LogP contribution in [-0.2, 0) is 6.42 Å². The largest absolute Gasteiger partial charge is 0.309 e. The molecule has 0 aliphatic carbocycles. The molecule has 1 unspecified atom stereocenters. The van der Waals surface area contributed by atoms with E-state index in [1.165, 1.54) is 5.56 Å². The minimum absolute atomic E-state index is 0.475. The van der Waals surface area contributed by atoms with Crippen molar-refractivity contribution in [2.75, 3.05) is 6.54 Å². The molecule has 82 valence electrons. The Labute approximate surface area is 97.1 Å². The van der Waals surface area contributed by atoms with Gasteiger partial charge in [-0.1, -0.05) is 55.4 Å². The Morgan fingerprint density at radius 3 is 2.60 bits per heavy atom. The molecule has 0 saturated heterocycles. The van der Waals surface area contributed by atoms with Crippen molar-refractivity contribution in [2.24, 2.45) is 0 Å². The van der Waals surface area contributed by atoms with Gasteiger partial charge in [0.25, 0.3) is 0 Å². The van der Waals surface area contributed by atoms with Crippen LogP contribution in [0.2, 0.25) is 0 Å². The molecule has 1 nitrogen and oxygen atoms in total.